The van der Waals surface area contributed by atoms with Gasteiger partial charge in [-0.3, -0.25) is 19.4 Å². The van der Waals surface area contributed by atoms with Crippen molar-refractivity contribution in [1.29, 1.82) is 0 Å². The molecule has 6 aromatic carbocycles. The second kappa shape index (κ2) is 29.0. The van der Waals surface area contributed by atoms with Crippen LogP contribution in [0.2, 0.25) is 10.6 Å². The summed E-state index contributed by atoms with van der Waals surface area (Å²) in [5.41, 5.74) is 11.7. The molecule has 9 rings (SSSR count). The first-order valence-corrected chi connectivity index (χ1v) is 30.3. The molecule has 2 amide bonds. The number of nitrogens with two attached hydrogens (primary N) is 1. The summed E-state index contributed by atoms with van der Waals surface area (Å²) < 4.78 is 88.4. The zero-order chi connectivity index (χ0) is 62.7. The Morgan fingerprint density at radius 2 is 1.36 bits per heavy atom. The van der Waals surface area contributed by atoms with E-state index in [0.717, 1.165) is 18.2 Å². The van der Waals surface area contributed by atoms with Gasteiger partial charge in [-0.2, -0.15) is 46.7 Å². The van der Waals surface area contributed by atoms with Crippen molar-refractivity contribution >= 4 is 171 Å². The van der Waals surface area contributed by atoms with Crippen LogP contribution in [0.5, 0.6) is 11.5 Å². The first-order chi connectivity index (χ1) is 42.2. The van der Waals surface area contributed by atoms with Gasteiger partial charge in [0.05, 0.1) is 70.9 Å². The van der Waals surface area contributed by atoms with Gasteiger partial charge in [-0.15, -0.1) is 23.2 Å². The van der Waals surface area contributed by atoms with Gasteiger partial charge in [-0.1, -0.05) is 27.2 Å². The standard InChI is InChI=1S/C46H43Cl2N17O18S5/c1-77-33-21-30(61-60-24-17-28-27(37(18-24)88(74,75)76)3-2-4-34(28)85-82-79-69)29(52-42(49)67)20-31(33)53-45-56-41(48)57-46(59-45)65-13-11-64(12-14-65)10-9-50-43-54-40(47)55-44(58-43)51-23-5-7-26-22(15-23)16-35(86-83-80-70)38(39(26)66)63-62-32-19-25(84-81-78-68)6-8-36(32)87(71,72)73/h2-8,15-21,60-61,66,68-70H,9-14H2,1H3,(H3,49,52,67)(H,71,72,73)(H,74,75,76)(H,53,56,57,59)(H2,50,51,54,55,58). The number of piperazine rings is 1. The summed E-state index contributed by atoms with van der Waals surface area (Å²) in [5, 5.41) is 69.1. The summed E-state index contributed by atoms with van der Waals surface area (Å²) in [6.45, 7) is 3.02. The summed E-state index contributed by atoms with van der Waals surface area (Å²) in [7, 11) is -8.22. The number of aromatic nitrogens is 6. The average molecular weight is 1350 g/mol. The van der Waals surface area contributed by atoms with Crippen molar-refractivity contribution in [3.63, 3.8) is 0 Å². The summed E-state index contributed by atoms with van der Waals surface area (Å²) in [4.78, 5) is 41.7. The molecule has 0 spiro atoms. The monoisotopic (exact) mass is 1350 g/mol. The van der Waals surface area contributed by atoms with Crippen LogP contribution in [-0.4, -0.2) is 134 Å². The van der Waals surface area contributed by atoms with Crippen LogP contribution in [0.4, 0.5) is 68.4 Å². The highest BCUT2D eigenvalue weighted by molar-refractivity contribution is 7.95. The Hall–Kier alpha value is -7.82. The number of urea groups is 1. The van der Waals surface area contributed by atoms with Crippen LogP contribution in [0.3, 0.4) is 0 Å². The molecule has 3 heterocycles. The number of methoxy groups -OCH3 is 1. The third-order valence-corrected chi connectivity index (χ3v) is 16.2. The van der Waals surface area contributed by atoms with Crippen molar-refractivity contribution < 1.29 is 84.5 Å². The van der Waals surface area contributed by atoms with Gasteiger partial charge >= 0.3 is 6.03 Å². The van der Waals surface area contributed by atoms with Crippen molar-refractivity contribution in [2.24, 2.45) is 16.0 Å². The molecule has 0 atom stereocenters. The number of benzene rings is 6. The predicted molar refractivity (Wildman–Crippen MR) is 319 cm³/mol. The number of fused-ring (bicyclic) bond motifs is 2. The molecule has 1 saturated heterocycles. The minimum atomic E-state index is -4.83. The molecule has 0 unspecified atom stereocenters. The molecule has 0 saturated carbocycles. The van der Waals surface area contributed by atoms with Crippen LogP contribution in [-0.2, 0) is 48.4 Å². The van der Waals surface area contributed by atoms with Crippen LogP contribution in [0.15, 0.2) is 120 Å². The van der Waals surface area contributed by atoms with E-state index in [4.69, 9.17) is 49.4 Å². The van der Waals surface area contributed by atoms with Crippen molar-refractivity contribution in [2.75, 3.05) is 83.4 Å². The number of phenols is 1. The van der Waals surface area contributed by atoms with Gasteiger partial charge in [-0.25, -0.2) is 20.6 Å². The first kappa shape index (κ1) is 64.6. The summed E-state index contributed by atoms with van der Waals surface area (Å²) in [6.07, 6.45) is 0. The molecule has 1 aliphatic rings. The fourth-order valence-corrected chi connectivity index (χ4v) is 11.5. The molecule has 0 radical (unpaired) electrons. The maximum atomic E-state index is 12.5. The number of phenolic OH excluding ortho intramolecular Hbond substituents is 1. The van der Waals surface area contributed by atoms with Gasteiger partial charge in [-0.05, 0) is 95.3 Å². The molecule has 8 aromatic rings. The SMILES string of the molecule is COc1cc(NNc2cc(S(=O)(=O)O)c3cccc(SOOO)c3c2)c(NC(N)=O)cc1Nc1nc(Cl)nc(N2CCN(CCNc3nc(Cl)nc(Nc4ccc5c(O)c(N=Nc6cc(SOOO)ccc6S(=O)(=O)O)c(SOOO)cc5c4)n3)CC2)n1. The van der Waals surface area contributed by atoms with Crippen LogP contribution in [0.1, 0.15) is 0 Å². The third-order valence-electron chi connectivity index (χ3n) is 12.2. The lowest BCUT2D eigenvalue weighted by Crippen LogP contribution is -2.48. The molecule has 0 aliphatic carbocycles. The highest BCUT2D eigenvalue weighted by Gasteiger charge is 2.24. The number of hydrazine groups is 1. The van der Waals surface area contributed by atoms with E-state index in [2.05, 4.69) is 105 Å². The molecular weight excluding hydrogens is 1310 g/mol. The molecule has 0 bridgehead atoms. The van der Waals surface area contributed by atoms with Gasteiger partial charge in [0, 0.05) is 77.0 Å². The Labute approximate surface area is 517 Å². The minimum absolute atomic E-state index is 0.0116. The highest BCUT2D eigenvalue weighted by atomic mass is 35.5. The highest BCUT2D eigenvalue weighted by Crippen LogP contribution is 2.46. The molecule has 14 N–H and O–H groups in total. The molecule has 1 fully saturated rings. The van der Waals surface area contributed by atoms with E-state index in [9.17, 15) is 35.8 Å². The van der Waals surface area contributed by atoms with E-state index in [-0.39, 0.29) is 94.5 Å². The smallest absolute Gasteiger partial charge is 0.316 e. The zero-order valence-electron chi connectivity index (χ0n) is 44.3. The normalized spacial score (nSPS) is 13.1. The van der Waals surface area contributed by atoms with Crippen molar-refractivity contribution in [3.8, 4) is 11.5 Å². The zero-order valence-corrected chi connectivity index (χ0v) is 49.8. The maximum Gasteiger partial charge on any atom is 0.316 e. The lowest BCUT2D eigenvalue weighted by molar-refractivity contribution is -0.432. The van der Waals surface area contributed by atoms with E-state index in [1.165, 1.54) is 55.6 Å². The van der Waals surface area contributed by atoms with Crippen LogP contribution >= 0.6 is 59.3 Å². The fraction of sp³-hybridized carbons (Fsp3) is 0.152. The number of anilines is 9. The Morgan fingerprint density at radius 1 is 0.670 bits per heavy atom. The lowest BCUT2D eigenvalue weighted by Gasteiger charge is -2.34. The Kier molecular flexibility index (Phi) is 21.3. The number of halogens is 2. The Morgan fingerprint density at radius 3 is 2.07 bits per heavy atom. The first-order valence-electron chi connectivity index (χ1n) is 24.4. The van der Waals surface area contributed by atoms with Gasteiger partial charge in [0.25, 0.3) is 20.2 Å². The van der Waals surface area contributed by atoms with E-state index < -0.39 is 47.5 Å². The number of aromatic hydroxyl groups is 1. The molecule has 1 aliphatic heterocycles. The van der Waals surface area contributed by atoms with Crippen LogP contribution < -0.4 is 47.5 Å². The molecule has 2 aromatic heterocycles. The lowest BCUT2D eigenvalue weighted by atomic mass is 10.1. The van der Waals surface area contributed by atoms with Gasteiger partial charge in [0.1, 0.15) is 26.9 Å². The Bertz CT molecular complexity index is 4170. The van der Waals surface area contributed by atoms with Crippen LogP contribution in [0, 0.1) is 0 Å². The summed E-state index contributed by atoms with van der Waals surface area (Å²) in [5.74, 6) is 0.200. The number of carbonyl (C=O) groups is 1. The number of nitrogens with one attached hydrogen (secondary N) is 6. The Balaban J connectivity index is 0.827. The van der Waals surface area contributed by atoms with E-state index in [1.807, 2.05) is 4.90 Å². The average Bonchev–Trinajstić information content (AvgIpc) is 1.08. The minimum Gasteiger partial charge on any atom is -0.505 e. The van der Waals surface area contributed by atoms with Gasteiger partial charge < -0.3 is 47.2 Å². The van der Waals surface area contributed by atoms with Crippen LogP contribution in [0.25, 0.3) is 21.5 Å². The quantitative estimate of drug-likeness (QED) is 0.00749. The second-order valence-electron chi connectivity index (χ2n) is 17.6. The number of hydrogen-bond donors (Lipinski definition) is 13. The maximum absolute atomic E-state index is 12.5. The van der Waals surface area contributed by atoms with Crippen molar-refractivity contribution in [3.05, 3.63) is 95.5 Å². The predicted octanol–water partition coefficient (Wildman–Crippen LogP) is 9.23. The molecule has 464 valence electrons. The summed E-state index contributed by atoms with van der Waals surface area (Å²) >= 11 is 14.2. The van der Waals surface area contributed by atoms with E-state index >= 15 is 0 Å². The van der Waals surface area contributed by atoms with E-state index in [0.29, 0.717) is 91.4 Å². The fourth-order valence-electron chi connectivity index (χ4n) is 8.47. The largest absolute Gasteiger partial charge is 0.505 e. The molecular formula is C46H43Cl2N17O18S5. The number of hydrogen-bond acceptors (Lipinski definition) is 34. The molecule has 42 heteroatoms. The number of ether oxygens (including phenoxy) is 1. The van der Waals surface area contributed by atoms with Gasteiger partial charge in [0.15, 0.2) is 5.75 Å². The number of rotatable bonds is 27. The topological polar surface area (TPSA) is 478 Å². The van der Waals surface area contributed by atoms with E-state index in [1.54, 1.807) is 18.2 Å². The number of carbonyl (C=O) groups excluding carboxylic acids is 1. The molecule has 88 heavy (non-hydrogen) atoms. The number of primary amides is 1. The van der Waals surface area contributed by atoms with Crippen molar-refractivity contribution in [1.82, 2.24) is 34.8 Å². The van der Waals surface area contributed by atoms with Crippen molar-refractivity contribution in [2.45, 2.75) is 24.5 Å². The van der Waals surface area contributed by atoms with Gasteiger partial charge in [0.2, 0.25) is 34.4 Å². The third kappa shape index (κ3) is 16.5. The number of amides is 2. The number of azo groups is 1. The summed E-state index contributed by atoms with van der Waals surface area (Å²) in [6, 6.07) is 18.7. The number of nitrogens with zero attached hydrogens (tertiary/aromatic N) is 10. The molecule has 35 nitrogen and oxygen atoms in total. The second-order valence-corrected chi connectivity index (χ2v) is 23.3.